The van der Waals surface area contributed by atoms with Gasteiger partial charge >= 0.3 is 6.03 Å². The molecule has 1 fully saturated rings. The van der Waals surface area contributed by atoms with Crippen LogP contribution in [0.3, 0.4) is 0 Å². The average Bonchev–Trinajstić information content (AvgIpc) is 3.55. The van der Waals surface area contributed by atoms with Gasteiger partial charge in [0.25, 0.3) is 0 Å². The lowest BCUT2D eigenvalue weighted by atomic mass is 9.98. The van der Waals surface area contributed by atoms with Crippen LogP contribution in [0.1, 0.15) is 23.5 Å². The zero-order chi connectivity index (χ0) is 28.6. The number of aromatic nitrogens is 3. The number of hydrogen-bond acceptors (Lipinski definition) is 5. The van der Waals surface area contributed by atoms with E-state index >= 15 is 0 Å². The molecule has 3 heterocycles. The molecule has 2 aromatic carbocycles. The van der Waals surface area contributed by atoms with E-state index in [1.807, 2.05) is 30.3 Å². The molecule has 0 spiro atoms. The molecule has 1 saturated heterocycles. The number of anilines is 1. The number of halogens is 3. The summed E-state index contributed by atoms with van der Waals surface area (Å²) in [5, 5.41) is 6.98. The molecule has 2 aromatic heterocycles. The number of carbonyl (C=O) groups is 1. The van der Waals surface area contributed by atoms with Crippen molar-refractivity contribution in [1.82, 2.24) is 19.7 Å². The molecule has 1 atom stereocenters. The second kappa shape index (κ2) is 13.2. The van der Waals surface area contributed by atoms with Gasteiger partial charge in [-0.1, -0.05) is 24.3 Å². The molecule has 0 bridgehead atoms. The lowest BCUT2D eigenvalue weighted by Crippen LogP contribution is -2.24. The van der Waals surface area contributed by atoms with Crippen molar-refractivity contribution in [3.63, 3.8) is 0 Å². The first kappa shape index (κ1) is 28.8. The van der Waals surface area contributed by atoms with E-state index in [4.69, 9.17) is 10.5 Å². The number of rotatable bonds is 7. The zero-order valence-corrected chi connectivity index (χ0v) is 22.3. The highest BCUT2D eigenvalue weighted by Gasteiger charge is 2.24. The van der Waals surface area contributed by atoms with Gasteiger partial charge in [-0.15, -0.1) is 0 Å². The first-order valence-corrected chi connectivity index (χ1v) is 12.8. The summed E-state index contributed by atoms with van der Waals surface area (Å²) in [4.78, 5) is 17.2. The van der Waals surface area contributed by atoms with Crippen LogP contribution in [-0.2, 0) is 4.74 Å². The van der Waals surface area contributed by atoms with Gasteiger partial charge in [0.2, 0.25) is 5.95 Å². The number of urea groups is 1. The van der Waals surface area contributed by atoms with Crippen molar-refractivity contribution in [1.29, 1.82) is 0 Å². The minimum atomic E-state index is -0.775. The molecule has 3 N–H and O–H groups in total. The van der Waals surface area contributed by atoms with Crippen LogP contribution in [0, 0.1) is 24.5 Å². The van der Waals surface area contributed by atoms with Crippen molar-refractivity contribution >= 4 is 11.8 Å². The van der Waals surface area contributed by atoms with Gasteiger partial charge in [0.05, 0.1) is 17.9 Å². The summed E-state index contributed by atoms with van der Waals surface area (Å²) in [6.07, 6.45) is 2.36. The zero-order valence-electron chi connectivity index (χ0n) is 22.3. The summed E-state index contributed by atoms with van der Waals surface area (Å²) in [5.74, 6) is -1.45. The normalized spacial score (nSPS) is 15.0. The number of methoxy groups -OCH3 is 1. The molecule has 0 radical (unpaired) electrons. The number of amides is 2. The standard InChI is InChI=1S/C16H14FN5O.C13H17F2NO/c1-10-13(12-8-5-9-19-14(12)17)21-22(15(10)20-16(18)23)11-6-3-2-4-7-11;1-17-7-6-16-5-4-11(9-16)10-2-3-12(14)13(15)8-10/h2-9H,1H3,(H3,18,20,23);2-3,8,11H,4-7,9H2,1H3. The Balaban J connectivity index is 0.000000194. The van der Waals surface area contributed by atoms with Crippen molar-refractivity contribution < 1.29 is 22.7 Å². The molecule has 1 unspecified atom stereocenters. The van der Waals surface area contributed by atoms with E-state index in [-0.39, 0.29) is 5.56 Å². The van der Waals surface area contributed by atoms with Crippen molar-refractivity contribution in [2.75, 3.05) is 38.7 Å². The van der Waals surface area contributed by atoms with Crippen molar-refractivity contribution in [2.24, 2.45) is 5.73 Å². The maximum Gasteiger partial charge on any atom is 0.317 e. The average molecular weight is 553 g/mol. The molecule has 5 rings (SSSR count). The van der Waals surface area contributed by atoms with Crippen LogP contribution >= 0.6 is 0 Å². The van der Waals surface area contributed by atoms with E-state index in [1.165, 1.54) is 23.0 Å². The number of nitrogens with one attached hydrogen (secondary N) is 1. The van der Waals surface area contributed by atoms with E-state index in [0.717, 1.165) is 37.3 Å². The smallest absolute Gasteiger partial charge is 0.317 e. The molecule has 1 aliphatic heterocycles. The molecule has 0 aliphatic carbocycles. The Morgan fingerprint density at radius 2 is 1.88 bits per heavy atom. The fraction of sp³-hybridized carbons (Fsp3) is 0.276. The first-order valence-electron chi connectivity index (χ1n) is 12.8. The van der Waals surface area contributed by atoms with Crippen LogP contribution in [-0.4, -0.2) is 59.0 Å². The van der Waals surface area contributed by atoms with Gasteiger partial charge in [0.15, 0.2) is 11.6 Å². The highest BCUT2D eigenvalue weighted by molar-refractivity contribution is 5.89. The quantitative estimate of drug-likeness (QED) is 0.304. The van der Waals surface area contributed by atoms with Gasteiger partial charge < -0.3 is 15.4 Å². The maximum atomic E-state index is 14.0. The van der Waals surface area contributed by atoms with Crippen LogP contribution in [0.2, 0.25) is 0 Å². The van der Waals surface area contributed by atoms with Crippen molar-refractivity contribution in [3.05, 3.63) is 95.6 Å². The summed E-state index contributed by atoms with van der Waals surface area (Å²) < 4.78 is 46.5. The SMILES string of the molecule is COCCN1CCC(c2ccc(F)c(F)c2)C1.Cc1c(-c2cccnc2F)nn(-c2ccccc2)c1NC(N)=O. The molecule has 2 amide bonds. The summed E-state index contributed by atoms with van der Waals surface area (Å²) >= 11 is 0. The van der Waals surface area contributed by atoms with Gasteiger partial charge in [-0.05, 0) is 67.8 Å². The third-order valence-electron chi connectivity index (χ3n) is 6.68. The van der Waals surface area contributed by atoms with E-state index < -0.39 is 23.6 Å². The molecule has 8 nitrogen and oxygen atoms in total. The molecular formula is C29H31F3N6O2. The third kappa shape index (κ3) is 6.85. The highest BCUT2D eigenvalue weighted by atomic mass is 19.2. The van der Waals surface area contributed by atoms with Gasteiger partial charge in [-0.25, -0.2) is 23.2 Å². The molecule has 40 heavy (non-hydrogen) atoms. The topological polar surface area (TPSA) is 98.3 Å². The summed E-state index contributed by atoms with van der Waals surface area (Å²) in [7, 11) is 1.68. The van der Waals surface area contributed by atoms with Crippen LogP contribution in [0.5, 0.6) is 0 Å². The summed E-state index contributed by atoms with van der Waals surface area (Å²) in [5.41, 5.74) is 8.10. The Morgan fingerprint density at radius 3 is 2.55 bits per heavy atom. The Morgan fingerprint density at radius 1 is 1.10 bits per heavy atom. The van der Waals surface area contributed by atoms with Crippen LogP contribution in [0.25, 0.3) is 16.9 Å². The Bertz CT molecular complexity index is 1450. The van der Waals surface area contributed by atoms with Crippen molar-refractivity contribution in [2.45, 2.75) is 19.3 Å². The summed E-state index contributed by atoms with van der Waals surface area (Å²) in [6, 6.07) is 15.9. The number of carbonyl (C=O) groups excluding carboxylic acids is 1. The van der Waals surface area contributed by atoms with Crippen LogP contribution in [0.4, 0.5) is 23.8 Å². The van der Waals surface area contributed by atoms with Crippen LogP contribution < -0.4 is 11.1 Å². The van der Waals surface area contributed by atoms with Crippen LogP contribution in [0.15, 0.2) is 66.9 Å². The second-order valence-electron chi connectivity index (χ2n) is 9.35. The number of para-hydroxylation sites is 1. The van der Waals surface area contributed by atoms with E-state index in [0.29, 0.717) is 29.6 Å². The third-order valence-corrected chi connectivity index (χ3v) is 6.68. The van der Waals surface area contributed by atoms with Gasteiger partial charge in [-0.3, -0.25) is 5.32 Å². The van der Waals surface area contributed by atoms with Gasteiger partial charge in [0.1, 0.15) is 11.5 Å². The monoisotopic (exact) mass is 552 g/mol. The van der Waals surface area contributed by atoms with E-state index in [2.05, 4.69) is 20.3 Å². The second-order valence-corrected chi connectivity index (χ2v) is 9.35. The number of benzene rings is 2. The molecule has 210 valence electrons. The van der Waals surface area contributed by atoms with E-state index in [9.17, 15) is 18.0 Å². The fourth-order valence-electron chi connectivity index (χ4n) is 4.63. The number of pyridine rings is 1. The number of primary amides is 1. The number of likely N-dealkylation sites (tertiary alicyclic amines) is 1. The molecule has 0 saturated carbocycles. The minimum absolute atomic E-state index is 0.257. The van der Waals surface area contributed by atoms with E-state index in [1.54, 1.807) is 32.2 Å². The maximum absolute atomic E-state index is 14.0. The highest BCUT2D eigenvalue weighted by Crippen LogP contribution is 2.31. The number of hydrogen-bond donors (Lipinski definition) is 2. The molecule has 1 aliphatic rings. The Labute approximate surface area is 230 Å². The predicted molar refractivity (Wildman–Crippen MR) is 147 cm³/mol. The molecule has 11 heteroatoms. The predicted octanol–water partition coefficient (Wildman–Crippen LogP) is 5.27. The molecular weight excluding hydrogens is 521 g/mol. The Kier molecular flexibility index (Phi) is 9.52. The largest absolute Gasteiger partial charge is 0.383 e. The number of nitrogens with zero attached hydrogens (tertiary/aromatic N) is 4. The first-order chi connectivity index (χ1) is 19.3. The van der Waals surface area contributed by atoms with Crippen molar-refractivity contribution in [3.8, 4) is 16.9 Å². The van der Waals surface area contributed by atoms with Gasteiger partial charge in [-0.2, -0.15) is 9.49 Å². The molecule has 4 aromatic rings. The fourth-order valence-corrected chi connectivity index (χ4v) is 4.63. The lowest BCUT2D eigenvalue weighted by Gasteiger charge is -2.15. The Hall–Kier alpha value is -4.22. The number of nitrogens with two attached hydrogens (primary N) is 1. The summed E-state index contributed by atoms with van der Waals surface area (Å²) in [6.45, 7) is 5.24. The number of ether oxygens (including phenoxy) is 1. The lowest BCUT2D eigenvalue weighted by molar-refractivity contribution is 0.160. The minimum Gasteiger partial charge on any atom is -0.383 e. The van der Waals surface area contributed by atoms with Gasteiger partial charge in [0, 0.05) is 32.0 Å².